The third-order valence-electron chi connectivity index (χ3n) is 3.17. The lowest BCUT2D eigenvalue weighted by Gasteiger charge is -2.15. The normalized spacial score (nSPS) is 11.3. The summed E-state index contributed by atoms with van der Waals surface area (Å²) in [4.78, 5) is 23.3. The lowest BCUT2D eigenvalue weighted by atomic mass is 10.1. The number of halogens is 1. The van der Waals surface area contributed by atoms with Gasteiger partial charge in [0.2, 0.25) is 11.8 Å². The van der Waals surface area contributed by atoms with Gasteiger partial charge in [-0.2, -0.15) is 0 Å². The zero-order valence-corrected chi connectivity index (χ0v) is 14.6. The van der Waals surface area contributed by atoms with Gasteiger partial charge in [0.1, 0.15) is 5.75 Å². The lowest BCUT2D eigenvalue weighted by molar-refractivity contribution is -0.127. The quantitative estimate of drug-likeness (QED) is 0.661. The van der Waals surface area contributed by atoms with Crippen LogP contribution < -0.4 is 21.1 Å². The molecule has 0 heterocycles. The Morgan fingerprint density at radius 2 is 1.78 bits per heavy atom. The summed E-state index contributed by atoms with van der Waals surface area (Å²) in [6.45, 7) is 6.59. The number of ether oxygens (including phenoxy) is 1. The van der Waals surface area contributed by atoms with E-state index in [9.17, 15) is 9.59 Å². The predicted molar refractivity (Wildman–Crippen MR) is 92.5 cm³/mol. The van der Waals surface area contributed by atoms with Gasteiger partial charge in [-0.25, -0.2) is 0 Å². The van der Waals surface area contributed by atoms with Crippen LogP contribution in [0.2, 0.25) is 0 Å². The zero-order valence-electron chi connectivity index (χ0n) is 13.8. The highest BCUT2D eigenvalue weighted by atomic mass is 35.5. The third kappa shape index (κ3) is 7.85. The summed E-state index contributed by atoms with van der Waals surface area (Å²) in [6, 6.07) is 6.89. The van der Waals surface area contributed by atoms with Gasteiger partial charge in [0.15, 0.2) is 0 Å². The average molecular weight is 344 g/mol. The fourth-order valence-electron chi connectivity index (χ4n) is 1.72. The molecule has 130 valence electrons. The molecule has 0 unspecified atom stereocenters. The second-order valence-corrected chi connectivity index (χ2v) is 5.34. The van der Waals surface area contributed by atoms with Gasteiger partial charge < -0.3 is 21.1 Å². The largest absolute Gasteiger partial charge is 0.494 e. The Morgan fingerprint density at radius 1 is 1.17 bits per heavy atom. The van der Waals surface area contributed by atoms with Crippen LogP contribution in [-0.4, -0.2) is 31.0 Å². The molecule has 0 radical (unpaired) electrons. The van der Waals surface area contributed by atoms with E-state index in [2.05, 4.69) is 10.6 Å². The zero-order chi connectivity index (χ0) is 16.5. The van der Waals surface area contributed by atoms with Crippen molar-refractivity contribution in [3.63, 3.8) is 0 Å². The fourth-order valence-corrected chi connectivity index (χ4v) is 1.72. The van der Waals surface area contributed by atoms with Gasteiger partial charge in [0, 0.05) is 6.54 Å². The van der Waals surface area contributed by atoms with Gasteiger partial charge in [0.25, 0.3) is 0 Å². The highest BCUT2D eigenvalue weighted by Gasteiger charge is 2.17. The molecule has 0 aliphatic heterocycles. The molecule has 23 heavy (non-hydrogen) atoms. The average Bonchev–Trinajstić information content (AvgIpc) is 2.51. The highest BCUT2D eigenvalue weighted by molar-refractivity contribution is 5.87. The summed E-state index contributed by atoms with van der Waals surface area (Å²) in [5.41, 5.74) is 6.65. The van der Waals surface area contributed by atoms with Gasteiger partial charge >= 0.3 is 0 Å². The van der Waals surface area contributed by atoms with E-state index < -0.39 is 6.04 Å². The van der Waals surface area contributed by atoms with E-state index in [0.717, 1.165) is 11.3 Å². The standard InChI is InChI=1S/C16H25N3O3.ClH/c1-4-22-13-7-5-12(6-8-13)9-18-14(20)10-19-16(21)15(17)11(2)3;/h5-8,11,15H,4,9-10,17H2,1-3H3,(H,18,20)(H,19,21);1H/t15-;/m0./s1. The molecule has 1 aromatic rings. The molecule has 7 heteroatoms. The summed E-state index contributed by atoms with van der Waals surface area (Å²) in [5, 5.41) is 5.27. The van der Waals surface area contributed by atoms with Crippen molar-refractivity contribution < 1.29 is 14.3 Å². The predicted octanol–water partition coefficient (Wildman–Crippen LogP) is 1.22. The molecule has 0 fully saturated rings. The maximum atomic E-state index is 11.7. The topological polar surface area (TPSA) is 93.5 Å². The molecule has 0 aromatic heterocycles. The number of hydrogen-bond acceptors (Lipinski definition) is 4. The van der Waals surface area contributed by atoms with Crippen LogP contribution >= 0.6 is 12.4 Å². The first-order valence-corrected chi connectivity index (χ1v) is 7.45. The number of amides is 2. The molecule has 6 nitrogen and oxygen atoms in total. The van der Waals surface area contributed by atoms with Crippen LogP contribution in [0, 0.1) is 5.92 Å². The molecule has 0 saturated heterocycles. The molecular formula is C16H26ClN3O3. The molecule has 0 aliphatic carbocycles. The van der Waals surface area contributed by atoms with Crippen LogP contribution in [0.5, 0.6) is 5.75 Å². The van der Waals surface area contributed by atoms with E-state index >= 15 is 0 Å². The van der Waals surface area contributed by atoms with Crippen molar-refractivity contribution in [1.29, 1.82) is 0 Å². The van der Waals surface area contributed by atoms with E-state index in [-0.39, 0.29) is 36.7 Å². The molecule has 2 amide bonds. The van der Waals surface area contributed by atoms with Gasteiger partial charge in [0.05, 0.1) is 19.2 Å². The number of benzene rings is 1. The molecular weight excluding hydrogens is 318 g/mol. The summed E-state index contributed by atoms with van der Waals surface area (Å²) in [7, 11) is 0. The number of nitrogens with one attached hydrogen (secondary N) is 2. The van der Waals surface area contributed by atoms with Crippen LogP contribution in [0.3, 0.4) is 0 Å². The molecule has 1 rings (SSSR count). The van der Waals surface area contributed by atoms with Gasteiger partial charge in [-0.05, 0) is 30.5 Å². The highest BCUT2D eigenvalue weighted by Crippen LogP contribution is 2.11. The van der Waals surface area contributed by atoms with Crippen molar-refractivity contribution in [2.45, 2.75) is 33.4 Å². The van der Waals surface area contributed by atoms with E-state index in [1.807, 2.05) is 45.0 Å². The maximum Gasteiger partial charge on any atom is 0.239 e. The van der Waals surface area contributed by atoms with E-state index in [0.29, 0.717) is 13.2 Å². The minimum atomic E-state index is -0.598. The Labute approximate surface area is 143 Å². The summed E-state index contributed by atoms with van der Waals surface area (Å²) < 4.78 is 5.35. The number of hydrogen-bond donors (Lipinski definition) is 3. The second kappa shape index (κ2) is 10.9. The van der Waals surface area contributed by atoms with Crippen LogP contribution in [0.4, 0.5) is 0 Å². The minimum Gasteiger partial charge on any atom is -0.494 e. The van der Waals surface area contributed by atoms with Crippen molar-refractivity contribution in [1.82, 2.24) is 10.6 Å². The van der Waals surface area contributed by atoms with Crippen molar-refractivity contribution in [2.24, 2.45) is 11.7 Å². The van der Waals surface area contributed by atoms with E-state index in [1.165, 1.54) is 0 Å². The number of nitrogens with two attached hydrogens (primary N) is 1. The molecule has 0 bridgehead atoms. The van der Waals surface area contributed by atoms with Crippen molar-refractivity contribution in [2.75, 3.05) is 13.2 Å². The molecule has 0 saturated carbocycles. The smallest absolute Gasteiger partial charge is 0.239 e. The Kier molecular flexibility index (Phi) is 10.0. The fraction of sp³-hybridized carbons (Fsp3) is 0.500. The van der Waals surface area contributed by atoms with Gasteiger partial charge in [-0.1, -0.05) is 26.0 Å². The Bertz CT molecular complexity index is 492. The number of rotatable bonds is 8. The first kappa shape index (κ1) is 21.2. The monoisotopic (exact) mass is 343 g/mol. The first-order valence-electron chi connectivity index (χ1n) is 7.45. The SMILES string of the molecule is CCOc1ccc(CNC(=O)CNC(=O)[C@@H](N)C(C)C)cc1.Cl. The summed E-state index contributed by atoms with van der Waals surface area (Å²) in [5.74, 6) is 0.267. The lowest BCUT2D eigenvalue weighted by Crippen LogP contribution is -2.47. The molecule has 1 atom stereocenters. The Morgan fingerprint density at radius 3 is 2.30 bits per heavy atom. The minimum absolute atomic E-state index is 0. The van der Waals surface area contributed by atoms with Gasteiger partial charge in [-0.3, -0.25) is 9.59 Å². The Balaban J connectivity index is 0.00000484. The number of carbonyl (C=O) groups excluding carboxylic acids is 2. The van der Waals surface area contributed by atoms with E-state index in [4.69, 9.17) is 10.5 Å². The molecule has 4 N–H and O–H groups in total. The van der Waals surface area contributed by atoms with Crippen LogP contribution in [0.1, 0.15) is 26.3 Å². The van der Waals surface area contributed by atoms with E-state index in [1.54, 1.807) is 0 Å². The van der Waals surface area contributed by atoms with Crippen molar-refractivity contribution in [3.8, 4) is 5.75 Å². The maximum absolute atomic E-state index is 11.7. The summed E-state index contributed by atoms with van der Waals surface area (Å²) >= 11 is 0. The third-order valence-corrected chi connectivity index (χ3v) is 3.17. The van der Waals surface area contributed by atoms with Crippen molar-refractivity contribution >= 4 is 24.2 Å². The van der Waals surface area contributed by atoms with Crippen LogP contribution in [0.15, 0.2) is 24.3 Å². The first-order chi connectivity index (χ1) is 10.4. The summed E-state index contributed by atoms with van der Waals surface area (Å²) in [6.07, 6.45) is 0. The van der Waals surface area contributed by atoms with Crippen LogP contribution in [-0.2, 0) is 16.1 Å². The molecule has 0 aliphatic rings. The molecule has 1 aromatic carbocycles. The van der Waals surface area contributed by atoms with Crippen molar-refractivity contribution in [3.05, 3.63) is 29.8 Å². The second-order valence-electron chi connectivity index (χ2n) is 5.34. The van der Waals surface area contributed by atoms with Gasteiger partial charge in [-0.15, -0.1) is 12.4 Å². The number of carbonyl (C=O) groups is 2. The van der Waals surface area contributed by atoms with Crippen LogP contribution in [0.25, 0.3) is 0 Å². The Hall–Kier alpha value is -1.79. The molecule has 0 spiro atoms.